The topological polar surface area (TPSA) is 208 Å². The molecular weight excluding hydrogens is 372 g/mol. The van der Waals surface area contributed by atoms with Gasteiger partial charge in [-0.3, -0.25) is 9.79 Å². The van der Waals surface area contributed by atoms with Crippen LogP contribution in [0.15, 0.2) is 9.98 Å². The Balaban J connectivity index is 3.80. The Morgan fingerprint density at radius 1 is 0.759 bits per heavy atom. The van der Waals surface area contributed by atoms with Crippen molar-refractivity contribution in [2.24, 2.45) is 38.7 Å². The van der Waals surface area contributed by atoms with Crippen LogP contribution in [0, 0.1) is 0 Å². The second-order valence-corrected chi connectivity index (χ2v) is 6.87. The van der Waals surface area contributed by atoms with Gasteiger partial charge in [0.25, 0.3) is 0 Å². The van der Waals surface area contributed by atoms with Crippen LogP contribution < -0.4 is 44.6 Å². The molecule has 0 aliphatic carbocycles. The number of guanidine groups is 2. The predicted octanol–water partition coefficient (Wildman–Crippen LogP) is -2.11. The molecule has 13 N–H and O–H groups in total. The maximum absolute atomic E-state index is 12.3. The summed E-state index contributed by atoms with van der Waals surface area (Å²) in [6, 6.07) is -0.584. The molecule has 0 aliphatic rings. The van der Waals surface area contributed by atoms with Crippen LogP contribution in [0.2, 0.25) is 0 Å². The third-order valence-electron chi connectivity index (χ3n) is 4.13. The normalized spacial score (nSPS) is 11.6. The molecule has 0 aromatic heterocycles. The van der Waals surface area contributed by atoms with Crippen LogP contribution in [-0.2, 0) is 4.79 Å². The Morgan fingerprint density at radius 2 is 1.38 bits per heavy atom. The number of nitrogens with zero attached hydrogens (tertiary/aromatic N) is 2. The van der Waals surface area contributed by atoms with Crippen molar-refractivity contribution >= 4 is 17.8 Å². The molecule has 0 radical (unpaired) electrons. The lowest BCUT2D eigenvalue weighted by Crippen LogP contribution is -2.37. The van der Waals surface area contributed by atoms with Crippen LogP contribution in [0.4, 0.5) is 0 Å². The molecule has 29 heavy (non-hydrogen) atoms. The fourth-order valence-corrected chi connectivity index (χ4v) is 2.61. The zero-order chi connectivity index (χ0) is 21.7. The fraction of sp³-hybridized carbons (Fsp3) is 0.833. The van der Waals surface area contributed by atoms with Gasteiger partial charge in [-0.15, -0.1) is 0 Å². The smallest absolute Gasteiger partial charge is 0.244 e. The number of aliphatic imine (C=N–C) groups is 2. The molecule has 11 nitrogen and oxygen atoms in total. The lowest BCUT2D eigenvalue weighted by Gasteiger charge is -2.13. The van der Waals surface area contributed by atoms with Crippen molar-refractivity contribution < 1.29 is 4.79 Å². The highest BCUT2D eigenvalue weighted by Crippen LogP contribution is 2.05. The molecule has 0 rings (SSSR count). The van der Waals surface area contributed by atoms with E-state index in [2.05, 4.69) is 25.9 Å². The second-order valence-electron chi connectivity index (χ2n) is 6.87. The molecule has 0 unspecified atom stereocenters. The largest absolute Gasteiger partial charge is 0.370 e. The van der Waals surface area contributed by atoms with Crippen molar-refractivity contribution in [3.63, 3.8) is 0 Å². The number of rotatable bonds is 19. The van der Waals surface area contributed by atoms with Gasteiger partial charge in [0, 0.05) is 13.1 Å². The van der Waals surface area contributed by atoms with Crippen LogP contribution in [0.1, 0.15) is 44.9 Å². The quantitative estimate of drug-likeness (QED) is 0.0664. The van der Waals surface area contributed by atoms with Gasteiger partial charge in [-0.2, -0.15) is 0 Å². The van der Waals surface area contributed by atoms with Crippen LogP contribution in [0.25, 0.3) is 0 Å². The van der Waals surface area contributed by atoms with Crippen LogP contribution in [0.3, 0.4) is 0 Å². The third-order valence-corrected chi connectivity index (χ3v) is 4.13. The van der Waals surface area contributed by atoms with Crippen molar-refractivity contribution in [2.45, 2.75) is 51.0 Å². The van der Waals surface area contributed by atoms with Crippen molar-refractivity contribution in [3.05, 3.63) is 0 Å². The molecule has 0 aromatic rings. The van der Waals surface area contributed by atoms with Gasteiger partial charge >= 0.3 is 0 Å². The average Bonchev–Trinajstić information content (AvgIpc) is 2.67. The van der Waals surface area contributed by atoms with E-state index in [9.17, 15) is 4.79 Å². The van der Waals surface area contributed by atoms with Crippen molar-refractivity contribution in [1.82, 2.24) is 16.0 Å². The van der Waals surface area contributed by atoms with E-state index in [1.165, 1.54) is 0 Å². The summed E-state index contributed by atoms with van der Waals surface area (Å²) < 4.78 is 0. The molecule has 0 aliphatic heterocycles. The van der Waals surface area contributed by atoms with Gasteiger partial charge in [0.05, 0.1) is 0 Å². The number of unbranched alkanes of at least 4 members (excludes halogenated alkanes) is 2. The maximum atomic E-state index is 12.3. The van der Waals surface area contributed by atoms with Crippen molar-refractivity contribution in [2.75, 3.05) is 45.8 Å². The Hall–Kier alpha value is -2.11. The minimum absolute atomic E-state index is 0.0660. The minimum atomic E-state index is -0.584. The number of hydrogen-bond acceptors (Lipinski definition) is 6. The molecule has 0 saturated carbocycles. The average molecular weight is 415 g/mol. The van der Waals surface area contributed by atoms with E-state index in [1.54, 1.807) is 0 Å². The Kier molecular flexibility index (Phi) is 17.8. The van der Waals surface area contributed by atoms with E-state index in [-0.39, 0.29) is 17.8 Å². The molecule has 1 amide bonds. The molecule has 0 spiro atoms. The van der Waals surface area contributed by atoms with E-state index in [4.69, 9.17) is 28.7 Å². The number of nitrogens with two attached hydrogens (primary N) is 5. The Labute approximate surface area is 174 Å². The lowest BCUT2D eigenvalue weighted by molar-refractivity contribution is -0.122. The first-order valence-corrected chi connectivity index (χ1v) is 10.5. The highest BCUT2D eigenvalue weighted by atomic mass is 16.2. The number of amides is 1. The van der Waals surface area contributed by atoms with Gasteiger partial charge in [0.15, 0.2) is 11.9 Å². The summed E-state index contributed by atoms with van der Waals surface area (Å²) in [5.74, 6) is -0.186. The molecule has 0 heterocycles. The lowest BCUT2D eigenvalue weighted by atomic mass is 10.1. The van der Waals surface area contributed by atoms with Gasteiger partial charge < -0.3 is 44.6 Å². The van der Waals surface area contributed by atoms with Crippen molar-refractivity contribution in [3.8, 4) is 0 Å². The summed E-state index contributed by atoms with van der Waals surface area (Å²) in [4.78, 5) is 20.2. The van der Waals surface area contributed by atoms with E-state index in [0.717, 1.165) is 71.2 Å². The number of carbonyl (C=O) groups excluding carboxylic acids is 1. The summed E-state index contributed by atoms with van der Waals surface area (Å²) in [7, 11) is 0. The molecule has 0 aromatic carbocycles. The summed E-state index contributed by atoms with van der Waals surface area (Å²) in [5, 5.41) is 9.63. The first kappa shape index (κ1) is 26.9. The van der Waals surface area contributed by atoms with Crippen molar-refractivity contribution in [1.29, 1.82) is 0 Å². The van der Waals surface area contributed by atoms with Gasteiger partial charge in [-0.25, -0.2) is 4.99 Å². The molecule has 0 fully saturated rings. The van der Waals surface area contributed by atoms with Gasteiger partial charge in [-0.05, 0) is 77.7 Å². The fourth-order valence-electron chi connectivity index (χ4n) is 2.61. The van der Waals surface area contributed by atoms with Gasteiger partial charge in [-0.1, -0.05) is 0 Å². The van der Waals surface area contributed by atoms with Crippen LogP contribution >= 0.6 is 0 Å². The zero-order valence-corrected chi connectivity index (χ0v) is 17.7. The number of carbonyl (C=O) groups is 1. The molecule has 0 bridgehead atoms. The zero-order valence-electron chi connectivity index (χ0n) is 17.7. The van der Waals surface area contributed by atoms with E-state index < -0.39 is 6.04 Å². The standard InChI is InChI=1S/C18H42N10O/c19-8-5-11-24-9-3-4-10-25-12-6-14-26-16(29)15(28-18(22)23)7-1-2-13-27-17(20)21/h15,24-25H,1-14,19H2,(H,26,29)(H4,20,21,27)(H4,22,23,28)/t15-/m0/s1. The summed E-state index contributed by atoms with van der Waals surface area (Å²) in [5.41, 5.74) is 26.9. The first-order chi connectivity index (χ1) is 14.0. The van der Waals surface area contributed by atoms with E-state index in [1.807, 2.05) is 0 Å². The molecule has 170 valence electrons. The van der Waals surface area contributed by atoms with Gasteiger partial charge in [0.1, 0.15) is 6.04 Å². The molecular formula is C18H42N10O. The molecule has 11 heteroatoms. The van der Waals surface area contributed by atoms with Crippen LogP contribution in [-0.4, -0.2) is 69.7 Å². The van der Waals surface area contributed by atoms with E-state index in [0.29, 0.717) is 19.5 Å². The second kappa shape index (κ2) is 19.2. The number of nitrogens with one attached hydrogen (secondary N) is 3. The molecule has 1 atom stereocenters. The van der Waals surface area contributed by atoms with Gasteiger partial charge in [0.2, 0.25) is 5.91 Å². The van der Waals surface area contributed by atoms with Crippen LogP contribution in [0.5, 0.6) is 0 Å². The highest BCUT2D eigenvalue weighted by Gasteiger charge is 2.16. The number of hydrogen-bond donors (Lipinski definition) is 8. The first-order valence-electron chi connectivity index (χ1n) is 10.5. The predicted molar refractivity (Wildman–Crippen MR) is 120 cm³/mol. The molecule has 0 saturated heterocycles. The monoisotopic (exact) mass is 414 g/mol. The SMILES string of the molecule is NCCCNCCCCNCCCNC(=O)[C@H](CCCCN=C(N)N)N=C(N)N. The summed E-state index contributed by atoms with van der Waals surface area (Å²) >= 11 is 0. The van der Waals surface area contributed by atoms with E-state index >= 15 is 0 Å². The highest BCUT2D eigenvalue weighted by molar-refractivity contribution is 5.85. The summed E-state index contributed by atoms with van der Waals surface area (Å²) in [6.45, 7) is 5.67. The minimum Gasteiger partial charge on any atom is -0.370 e. The summed E-state index contributed by atoms with van der Waals surface area (Å²) in [6.07, 6.45) is 6.17. The third kappa shape index (κ3) is 19.0. The Bertz CT molecular complexity index is 462. The maximum Gasteiger partial charge on any atom is 0.244 e. The Morgan fingerprint density at radius 3 is 1.97 bits per heavy atom.